The van der Waals surface area contributed by atoms with Crippen LogP contribution in [0.3, 0.4) is 0 Å². The average Bonchev–Trinajstić information content (AvgIpc) is 3.75. The molecule has 1 aliphatic carbocycles. The van der Waals surface area contributed by atoms with Crippen LogP contribution in [0, 0.1) is 22.7 Å². The van der Waals surface area contributed by atoms with E-state index in [1.165, 1.54) is 16.9 Å². The molecule has 14 nitrogen and oxygen atoms in total. The number of nitrogens with two attached hydrogens (primary N) is 1. The molecule has 4 rings (SSSR count). The molecular formula is C33H48N6O8. The number of rotatable bonds is 13. The van der Waals surface area contributed by atoms with E-state index in [0.717, 1.165) is 38.5 Å². The Morgan fingerprint density at radius 3 is 2.57 bits per heavy atom. The lowest BCUT2D eigenvalue weighted by Gasteiger charge is -2.29. The fourth-order valence-electron chi connectivity index (χ4n) is 5.79. The zero-order chi connectivity index (χ0) is 34.6. The summed E-state index contributed by atoms with van der Waals surface area (Å²) in [7, 11) is 0. The number of carbonyl (C=O) groups is 3. The number of fused-ring (bicyclic) bond motifs is 1. The van der Waals surface area contributed by atoms with Crippen LogP contribution >= 0.6 is 0 Å². The molecule has 0 spiro atoms. The Hall–Kier alpha value is -3.64. The van der Waals surface area contributed by atoms with Gasteiger partial charge in [-0.3, -0.25) is 14.4 Å². The van der Waals surface area contributed by atoms with Crippen LogP contribution in [0.2, 0.25) is 0 Å². The highest BCUT2D eigenvalue weighted by Gasteiger charge is 2.60. The van der Waals surface area contributed by atoms with Crippen molar-refractivity contribution in [3.63, 3.8) is 0 Å². The molecule has 0 aromatic carbocycles. The summed E-state index contributed by atoms with van der Waals surface area (Å²) in [5.74, 6) is -1.31. The van der Waals surface area contributed by atoms with E-state index in [0.29, 0.717) is 12.1 Å². The molecule has 2 aromatic rings. The first-order chi connectivity index (χ1) is 22.1. The van der Waals surface area contributed by atoms with Crippen LogP contribution < -0.4 is 11.1 Å². The summed E-state index contributed by atoms with van der Waals surface area (Å²) in [6.45, 7) is 10.7. The number of aliphatic hydroxyl groups is 1. The van der Waals surface area contributed by atoms with Crippen LogP contribution in [0.5, 0.6) is 0 Å². The first-order valence-corrected chi connectivity index (χ1v) is 16.3. The predicted molar refractivity (Wildman–Crippen MR) is 170 cm³/mol. The second-order valence-corrected chi connectivity index (χ2v) is 14.0. The number of anilines is 1. The standard InChI is InChI=1S/C33H48N6O8/c1-7-8-15-45-32(5,6)30(43)38-28-21-13-14-23(39(21)37-19-36-28)33(18-34)27(41)25(46-29(42)26(35)31(2,3)4)22(47-33)17-44-24(40)16-20-11-9-10-12-20/h13-14,19-20,22,25-27,41H,7-12,15-17,35H2,1-6H3,(H,36,37,38,43)/t22-,25-,26+,27-,33+/m1/s1. The average molecular weight is 657 g/mol. The van der Waals surface area contributed by atoms with Gasteiger partial charge in [-0.05, 0) is 56.6 Å². The molecule has 0 radical (unpaired) electrons. The Kier molecular flexibility index (Phi) is 11.3. The fraction of sp³-hybridized carbons (Fsp3) is 0.697. The van der Waals surface area contributed by atoms with E-state index < -0.39 is 58.8 Å². The van der Waals surface area contributed by atoms with Gasteiger partial charge in [0.15, 0.2) is 11.9 Å². The minimum absolute atomic E-state index is 0.0832. The van der Waals surface area contributed by atoms with Crippen LogP contribution in [-0.4, -0.2) is 80.7 Å². The van der Waals surface area contributed by atoms with E-state index in [9.17, 15) is 24.8 Å². The summed E-state index contributed by atoms with van der Waals surface area (Å²) in [4.78, 5) is 43.2. The Morgan fingerprint density at radius 2 is 1.94 bits per heavy atom. The van der Waals surface area contributed by atoms with Gasteiger partial charge in [0, 0.05) is 13.0 Å². The van der Waals surface area contributed by atoms with Gasteiger partial charge in [0.05, 0.1) is 5.69 Å². The summed E-state index contributed by atoms with van der Waals surface area (Å²) >= 11 is 0. The van der Waals surface area contributed by atoms with Crippen LogP contribution in [0.15, 0.2) is 18.5 Å². The molecular weight excluding hydrogens is 608 g/mol. The summed E-state index contributed by atoms with van der Waals surface area (Å²) < 4.78 is 24.6. The second-order valence-electron chi connectivity index (χ2n) is 14.0. The van der Waals surface area contributed by atoms with Crippen molar-refractivity contribution in [1.29, 1.82) is 5.26 Å². The first kappa shape index (κ1) is 36.2. The third-order valence-electron chi connectivity index (χ3n) is 8.95. The molecule has 1 amide bonds. The molecule has 5 atom stereocenters. The maximum Gasteiger partial charge on any atom is 0.323 e. The van der Waals surface area contributed by atoms with Crippen LogP contribution in [0.25, 0.3) is 5.52 Å². The van der Waals surface area contributed by atoms with Crippen LogP contribution in [0.4, 0.5) is 5.82 Å². The lowest BCUT2D eigenvalue weighted by molar-refractivity contribution is -0.163. The Morgan fingerprint density at radius 1 is 1.23 bits per heavy atom. The van der Waals surface area contributed by atoms with Crippen LogP contribution in [0.1, 0.15) is 92.2 Å². The van der Waals surface area contributed by atoms with Gasteiger partial charge >= 0.3 is 11.9 Å². The lowest BCUT2D eigenvalue weighted by Crippen LogP contribution is -2.49. The van der Waals surface area contributed by atoms with Crippen molar-refractivity contribution in [3.8, 4) is 6.07 Å². The van der Waals surface area contributed by atoms with E-state index in [2.05, 4.69) is 21.5 Å². The summed E-state index contributed by atoms with van der Waals surface area (Å²) in [6, 6.07) is 4.06. The summed E-state index contributed by atoms with van der Waals surface area (Å²) in [5.41, 5.74) is 2.60. The smallest absolute Gasteiger partial charge is 0.323 e. The largest absolute Gasteiger partial charge is 0.463 e. The normalized spacial score (nSPS) is 24.2. The van der Waals surface area contributed by atoms with Gasteiger partial charge < -0.3 is 35.1 Å². The molecule has 1 aliphatic heterocycles. The number of carbonyl (C=O) groups excluding carboxylic acids is 3. The van der Waals surface area contributed by atoms with Gasteiger partial charge in [-0.1, -0.05) is 47.0 Å². The van der Waals surface area contributed by atoms with E-state index in [4.69, 9.17) is 24.7 Å². The quantitative estimate of drug-likeness (QED) is 0.210. The highest BCUT2D eigenvalue weighted by atomic mass is 16.6. The Bertz CT molecular complexity index is 1470. The first-order valence-electron chi connectivity index (χ1n) is 16.3. The van der Waals surface area contributed by atoms with Crippen molar-refractivity contribution in [2.75, 3.05) is 18.5 Å². The molecule has 1 saturated carbocycles. The number of nitriles is 1. The number of hydrogen-bond donors (Lipinski definition) is 3. The highest BCUT2D eigenvalue weighted by Crippen LogP contribution is 2.42. The zero-order valence-corrected chi connectivity index (χ0v) is 28.2. The fourth-order valence-corrected chi connectivity index (χ4v) is 5.79. The SMILES string of the molecule is CCCCOC(C)(C)C(=O)Nc1ncnn2c([C@]3(C#N)O[C@H](COC(=O)CC4CCCC4)[C@@H](OC(=O)[C@H](N)C(C)(C)C)[C@H]3O)ccc12. The number of amides is 1. The molecule has 0 bridgehead atoms. The number of hydrogen-bond acceptors (Lipinski definition) is 12. The number of aromatic nitrogens is 3. The maximum absolute atomic E-state index is 13.1. The van der Waals surface area contributed by atoms with Crippen molar-refractivity contribution in [2.45, 2.75) is 122 Å². The topological polar surface area (TPSA) is 200 Å². The number of ether oxygens (including phenoxy) is 4. The summed E-state index contributed by atoms with van der Waals surface area (Å²) in [5, 5.41) is 29.3. The van der Waals surface area contributed by atoms with Gasteiger partial charge in [0.1, 0.15) is 48.4 Å². The number of nitrogens with one attached hydrogen (secondary N) is 1. The van der Waals surface area contributed by atoms with Crippen molar-refractivity contribution in [3.05, 3.63) is 24.2 Å². The van der Waals surface area contributed by atoms with E-state index in [1.54, 1.807) is 40.7 Å². The molecule has 2 fully saturated rings. The van der Waals surface area contributed by atoms with E-state index >= 15 is 0 Å². The Labute approximate surface area is 275 Å². The number of aliphatic hydroxyl groups excluding tert-OH is 1. The van der Waals surface area contributed by atoms with E-state index in [1.807, 2.05) is 6.92 Å². The third kappa shape index (κ3) is 7.92. The minimum atomic E-state index is -2.12. The van der Waals surface area contributed by atoms with Gasteiger partial charge in [0.2, 0.25) is 5.60 Å². The van der Waals surface area contributed by atoms with Crippen molar-refractivity contribution >= 4 is 29.2 Å². The Balaban J connectivity index is 1.63. The zero-order valence-electron chi connectivity index (χ0n) is 28.2. The highest BCUT2D eigenvalue weighted by molar-refractivity contribution is 5.98. The second kappa shape index (κ2) is 14.6. The predicted octanol–water partition coefficient (Wildman–Crippen LogP) is 3.15. The molecule has 1 saturated heterocycles. The molecule has 2 aliphatic rings. The van der Waals surface area contributed by atoms with Crippen molar-refractivity contribution < 1.29 is 38.4 Å². The van der Waals surface area contributed by atoms with Crippen LogP contribution in [-0.2, 0) is 38.9 Å². The van der Waals surface area contributed by atoms with Gasteiger partial charge in [-0.25, -0.2) is 9.50 Å². The number of nitrogens with zero attached hydrogens (tertiary/aromatic N) is 4. The molecule has 47 heavy (non-hydrogen) atoms. The third-order valence-corrected chi connectivity index (χ3v) is 8.95. The number of unbranched alkanes of at least 4 members (excludes halogenated alkanes) is 1. The van der Waals surface area contributed by atoms with Crippen molar-refractivity contribution in [1.82, 2.24) is 14.6 Å². The lowest BCUT2D eigenvalue weighted by atomic mass is 9.87. The molecule has 258 valence electrons. The minimum Gasteiger partial charge on any atom is -0.463 e. The molecule has 2 aromatic heterocycles. The molecule has 0 unspecified atom stereocenters. The molecule has 14 heteroatoms. The van der Waals surface area contributed by atoms with Gasteiger partial charge in [-0.15, -0.1) is 0 Å². The number of esters is 2. The van der Waals surface area contributed by atoms with Crippen molar-refractivity contribution in [2.24, 2.45) is 17.1 Å². The van der Waals surface area contributed by atoms with Gasteiger partial charge in [-0.2, -0.15) is 10.4 Å². The van der Waals surface area contributed by atoms with Gasteiger partial charge in [0.25, 0.3) is 5.91 Å². The molecule has 3 heterocycles. The molecule has 4 N–H and O–H groups in total. The summed E-state index contributed by atoms with van der Waals surface area (Å²) in [6.07, 6.45) is 2.82. The van der Waals surface area contributed by atoms with E-state index in [-0.39, 0.29) is 30.5 Å². The maximum atomic E-state index is 13.1. The monoisotopic (exact) mass is 656 g/mol.